The summed E-state index contributed by atoms with van der Waals surface area (Å²) in [5.74, 6) is 0.586. The summed E-state index contributed by atoms with van der Waals surface area (Å²) >= 11 is 0. The molecule has 0 bridgehead atoms. The molecule has 1 saturated heterocycles. The highest BCUT2D eigenvalue weighted by Crippen LogP contribution is 2.20. The molecule has 0 N–H and O–H groups in total. The van der Waals surface area contributed by atoms with Crippen molar-refractivity contribution in [3.8, 4) is 0 Å². The topological polar surface area (TPSA) is 18.5 Å². The van der Waals surface area contributed by atoms with Crippen LogP contribution < -0.4 is 0 Å². The molecular formula is C10H20O2. The van der Waals surface area contributed by atoms with E-state index in [1.165, 1.54) is 0 Å². The van der Waals surface area contributed by atoms with E-state index in [9.17, 15) is 0 Å². The third kappa shape index (κ3) is 2.76. The fourth-order valence-electron chi connectivity index (χ4n) is 1.60. The smallest absolute Gasteiger partial charge is 0.160 e. The van der Waals surface area contributed by atoms with Gasteiger partial charge < -0.3 is 9.47 Å². The van der Waals surface area contributed by atoms with E-state index in [0.29, 0.717) is 5.92 Å². The molecule has 0 saturated carbocycles. The minimum Gasteiger partial charge on any atom is -0.352 e. The Morgan fingerprint density at radius 1 is 1.08 bits per heavy atom. The van der Waals surface area contributed by atoms with E-state index < -0.39 is 0 Å². The van der Waals surface area contributed by atoms with Gasteiger partial charge >= 0.3 is 0 Å². The lowest BCUT2D eigenvalue weighted by atomic mass is 10.0. The van der Waals surface area contributed by atoms with Crippen LogP contribution in [0.15, 0.2) is 0 Å². The van der Waals surface area contributed by atoms with Gasteiger partial charge in [0.05, 0.1) is 0 Å². The molecule has 1 aliphatic rings. The summed E-state index contributed by atoms with van der Waals surface area (Å²) in [6.45, 7) is 6.15. The van der Waals surface area contributed by atoms with Crippen LogP contribution >= 0.6 is 0 Å². The fraction of sp³-hybridized carbons (Fsp3) is 1.00. The van der Waals surface area contributed by atoms with Crippen LogP contribution in [0.4, 0.5) is 0 Å². The van der Waals surface area contributed by atoms with Gasteiger partial charge in [0.2, 0.25) is 0 Å². The van der Waals surface area contributed by atoms with Crippen LogP contribution in [0.1, 0.15) is 39.5 Å². The van der Waals surface area contributed by atoms with Crippen molar-refractivity contribution in [2.75, 3.05) is 13.2 Å². The highest BCUT2D eigenvalue weighted by molar-refractivity contribution is 4.61. The van der Waals surface area contributed by atoms with Crippen molar-refractivity contribution in [1.29, 1.82) is 0 Å². The molecule has 0 aliphatic carbocycles. The molecule has 2 nitrogen and oxygen atoms in total. The molecule has 1 rings (SSSR count). The second-order valence-corrected chi connectivity index (χ2v) is 3.39. The van der Waals surface area contributed by atoms with Crippen molar-refractivity contribution in [2.24, 2.45) is 5.92 Å². The van der Waals surface area contributed by atoms with Gasteiger partial charge in [0, 0.05) is 19.1 Å². The third-order valence-electron chi connectivity index (χ3n) is 2.54. The van der Waals surface area contributed by atoms with Gasteiger partial charge in [-0.1, -0.05) is 13.8 Å². The largest absolute Gasteiger partial charge is 0.352 e. The van der Waals surface area contributed by atoms with Gasteiger partial charge in [-0.05, 0) is 25.7 Å². The van der Waals surface area contributed by atoms with Crippen molar-refractivity contribution in [3.63, 3.8) is 0 Å². The van der Waals surface area contributed by atoms with Crippen LogP contribution in [0.2, 0.25) is 0 Å². The predicted molar refractivity (Wildman–Crippen MR) is 49.0 cm³/mol. The SMILES string of the molecule is CCC(CC)C1OCCCCO1. The maximum absolute atomic E-state index is 5.62. The second-order valence-electron chi connectivity index (χ2n) is 3.39. The molecule has 1 aliphatic heterocycles. The number of ether oxygens (including phenoxy) is 2. The number of hydrogen-bond acceptors (Lipinski definition) is 2. The minimum absolute atomic E-state index is 0.0718. The summed E-state index contributed by atoms with van der Waals surface area (Å²) in [5, 5.41) is 0. The van der Waals surface area contributed by atoms with E-state index >= 15 is 0 Å². The minimum atomic E-state index is 0.0718. The average Bonchev–Trinajstić information content (AvgIpc) is 2.35. The van der Waals surface area contributed by atoms with E-state index in [4.69, 9.17) is 9.47 Å². The van der Waals surface area contributed by atoms with E-state index in [2.05, 4.69) is 13.8 Å². The van der Waals surface area contributed by atoms with E-state index in [1.807, 2.05) is 0 Å². The highest BCUT2D eigenvalue weighted by atomic mass is 16.7. The summed E-state index contributed by atoms with van der Waals surface area (Å²) in [6.07, 6.45) is 4.68. The molecule has 0 aromatic rings. The molecule has 2 heteroatoms. The Morgan fingerprint density at radius 2 is 1.58 bits per heavy atom. The van der Waals surface area contributed by atoms with Crippen molar-refractivity contribution in [2.45, 2.75) is 45.8 Å². The lowest BCUT2D eigenvalue weighted by molar-refractivity contribution is -0.159. The lowest BCUT2D eigenvalue weighted by Crippen LogP contribution is -2.25. The van der Waals surface area contributed by atoms with E-state index in [-0.39, 0.29) is 6.29 Å². The van der Waals surface area contributed by atoms with Gasteiger partial charge in [-0.25, -0.2) is 0 Å². The first-order valence-corrected chi connectivity index (χ1v) is 5.11. The van der Waals surface area contributed by atoms with Gasteiger partial charge in [0.1, 0.15) is 0 Å². The van der Waals surface area contributed by atoms with Crippen molar-refractivity contribution >= 4 is 0 Å². The second kappa shape index (κ2) is 5.55. The molecule has 1 fully saturated rings. The summed E-state index contributed by atoms with van der Waals surface area (Å²) in [5.41, 5.74) is 0. The third-order valence-corrected chi connectivity index (χ3v) is 2.54. The van der Waals surface area contributed by atoms with Crippen LogP contribution in [-0.2, 0) is 9.47 Å². The maximum Gasteiger partial charge on any atom is 0.160 e. The molecular weight excluding hydrogens is 152 g/mol. The molecule has 0 unspecified atom stereocenters. The Hall–Kier alpha value is -0.0800. The van der Waals surface area contributed by atoms with Crippen molar-refractivity contribution in [1.82, 2.24) is 0 Å². The van der Waals surface area contributed by atoms with Gasteiger partial charge in [-0.3, -0.25) is 0 Å². The van der Waals surface area contributed by atoms with Gasteiger partial charge in [0.25, 0.3) is 0 Å². The zero-order valence-electron chi connectivity index (χ0n) is 8.21. The lowest BCUT2D eigenvalue weighted by Gasteiger charge is -2.23. The Bertz CT molecular complexity index is 102. The summed E-state index contributed by atoms with van der Waals surface area (Å²) in [7, 11) is 0. The van der Waals surface area contributed by atoms with Crippen molar-refractivity contribution < 1.29 is 9.47 Å². The zero-order chi connectivity index (χ0) is 8.81. The van der Waals surface area contributed by atoms with Crippen LogP contribution in [-0.4, -0.2) is 19.5 Å². The Kier molecular flexibility index (Phi) is 4.62. The monoisotopic (exact) mass is 172 g/mol. The Labute approximate surface area is 75.2 Å². The first kappa shape index (κ1) is 10.0. The summed E-state index contributed by atoms with van der Waals surface area (Å²) < 4.78 is 11.2. The molecule has 0 aromatic carbocycles. The molecule has 1 heterocycles. The van der Waals surface area contributed by atoms with Crippen LogP contribution in [0.3, 0.4) is 0 Å². The van der Waals surface area contributed by atoms with E-state index in [0.717, 1.165) is 38.9 Å². The quantitative estimate of drug-likeness (QED) is 0.651. The fourth-order valence-corrected chi connectivity index (χ4v) is 1.60. The molecule has 0 amide bonds. The molecule has 12 heavy (non-hydrogen) atoms. The first-order valence-electron chi connectivity index (χ1n) is 5.11. The van der Waals surface area contributed by atoms with Crippen LogP contribution in [0.5, 0.6) is 0 Å². The van der Waals surface area contributed by atoms with Gasteiger partial charge in [-0.15, -0.1) is 0 Å². The summed E-state index contributed by atoms with van der Waals surface area (Å²) in [6, 6.07) is 0. The Balaban J connectivity index is 2.35. The van der Waals surface area contributed by atoms with Gasteiger partial charge in [0.15, 0.2) is 6.29 Å². The normalized spacial score (nSPS) is 21.2. The van der Waals surface area contributed by atoms with Crippen LogP contribution in [0, 0.1) is 5.92 Å². The predicted octanol–water partition coefficient (Wildman–Crippen LogP) is 2.58. The van der Waals surface area contributed by atoms with Gasteiger partial charge in [-0.2, -0.15) is 0 Å². The number of rotatable bonds is 3. The maximum atomic E-state index is 5.62. The average molecular weight is 172 g/mol. The number of hydrogen-bond donors (Lipinski definition) is 0. The molecule has 0 aromatic heterocycles. The standard InChI is InChI=1S/C10H20O2/c1-3-9(4-2)10-11-7-5-6-8-12-10/h9-10H,3-8H2,1-2H3. The molecule has 72 valence electrons. The first-order chi connectivity index (χ1) is 5.88. The highest BCUT2D eigenvalue weighted by Gasteiger charge is 2.20. The molecule has 0 atom stereocenters. The van der Waals surface area contributed by atoms with Crippen LogP contribution in [0.25, 0.3) is 0 Å². The summed E-state index contributed by atoms with van der Waals surface area (Å²) in [4.78, 5) is 0. The molecule has 0 radical (unpaired) electrons. The van der Waals surface area contributed by atoms with Crippen molar-refractivity contribution in [3.05, 3.63) is 0 Å². The van der Waals surface area contributed by atoms with E-state index in [1.54, 1.807) is 0 Å². The molecule has 0 spiro atoms. The Morgan fingerprint density at radius 3 is 2.00 bits per heavy atom. The zero-order valence-corrected chi connectivity index (χ0v) is 8.21.